The highest BCUT2D eigenvalue weighted by molar-refractivity contribution is 5.40. The molecule has 0 amide bonds. The zero-order valence-corrected chi connectivity index (χ0v) is 6.86. The number of benzene rings is 1. The third-order valence-corrected chi connectivity index (χ3v) is 1.61. The highest BCUT2D eigenvalue weighted by atomic mass is 16.6. The summed E-state index contributed by atoms with van der Waals surface area (Å²) in [5, 5.41) is 10.5. The van der Waals surface area contributed by atoms with E-state index in [-0.39, 0.29) is 10.6 Å². The Morgan fingerprint density at radius 2 is 2.17 bits per heavy atom. The molecule has 0 aromatic heterocycles. The van der Waals surface area contributed by atoms with Crippen molar-refractivity contribution >= 4 is 5.69 Å². The summed E-state index contributed by atoms with van der Waals surface area (Å²) in [5.74, 6) is 0. The largest absolute Gasteiger partial charge is 0.272 e. The standard InChI is InChI=1S/C9H10NO2/c1-2-5-8-6-3-4-7-9(8)10(11)12/h2-4,6-7H,5H2,1H3. The Kier molecular flexibility index (Phi) is 2.80. The molecule has 0 saturated heterocycles. The van der Waals surface area contributed by atoms with Gasteiger partial charge in [-0.05, 0) is 12.8 Å². The second-order valence-corrected chi connectivity index (χ2v) is 2.50. The van der Waals surface area contributed by atoms with Gasteiger partial charge in [0.1, 0.15) is 0 Å². The predicted molar refractivity (Wildman–Crippen MR) is 46.8 cm³/mol. The van der Waals surface area contributed by atoms with Gasteiger partial charge in [-0.3, -0.25) is 10.1 Å². The van der Waals surface area contributed by atoms with Crippen LogP contribution in [-0.2, 0) is 6.42 Å². The maximum absolute atomic E-state index is 10.5. The zero-order valence-electron chi connectivity index (χ0n) is 6.86. The molecule has 0 spiro atoms. The Labute approximate surface area is 71.2 Å². The molecule has 0 unspecified atom stereocenters. The first kappa shape index (κ1) is 8.71. The van der Waals surface area contributed by atoms with Crippen molar-refractivity contribution in [2.75, 3.05) is 0 Å². The van der Waals surface area contributed by atoms with Crippen LogP contribution in [0.3, 0.4) is 0 Å². The van der Waals surface area contributed by atoms with Crippen molar-refractivity contribution in [3.05, 3.63) is 46.4 Å². The summed E-state index contributed by atoms with van der Waals surface area (Å²) in [6.45, 7) is 1.89. The van der Waals surface area contributed by atoms with Gasteiger partial charge in [-0.15, -0.1) is 0 Å². The fourth-order valence-electron chi connectivity index (χ4n) is 1.08. The summed E-state index contributed by atoms with van der Waals surface area (Å²) in [7, 11) is 0. The van der Waals surface area contributed by atoms with Crippen molar-refractivity contribution in [2.45, 2.75) is 13.3 Å². The number of para-hydroxylation sites is 1. The molecule has 12 heavy (non-hydrogen) atoms. The predicted octanol–water partition coefficient (Wildman–Crippen LogP) is 2.36. The van der Waals surface area contributed by atoms with E-state index in [1.807, 2.05) is 19.4 Å². The molecular weight excluding hydrogens is 154 g/mol. The molecular formula is C9H10NO2. The van der Waals surface area contributed by atoms with Crippen LogP contribution in [0.4, 0.5) is 5.69 Å². The smallest absolute Gasteiger partial charge is 0.258 e. The van der Waals surface area contributed by atoms with Crippen LogP contribution < -0.4 is 0 Å². The van der Waals surface area contributed by atoms with E-state index in [1.54, 1.807) is 12.1 Å². The van der Waals surface area contributed by atoms with E-state index < -0.39 is 0 Å². The fraction of sp³-hybridized carbons (Fsp3) is 0.222. The van der Waals surface area contributed by atoms with Crippen molar-refractivity contribution in [1.82, 2.24) is 0 Å². The van der Waals surface area contributed by atoms with Gasteiger partial charge < -0.3 is 0 Å². The molecule has 3 heteroatoms. The number of nitro groups is 1. The maximum atomic E-state index is 10.5. The molecule has 0 fully saturated rings. The zero-order chi connectivity index (χ0) is 8.97. The Morgan fingerprint density at radius 3 is 2.75 bits per heavy atom. The van der Waals surface area contributed by atoms with Crippen LogP contribution in [0, 0.1) is 16.5 Å². The summed E-state index contributed by atoms with van der Waals surface area (Å²) >= 11 is 0. The van der Waals surface area contributed by atoms with E-state index >= 15 is 0 Å². The van der Waals surface area contributed by atoms with Crippen LogP contribution in [0.15, 0.2) is 24.3 Å². The molecule has 1 radical (unpaired) electrons. The number of nitro benzene ring substituents is 1. The van der Waals surface area contributed by atoms with Crippen LogP contribution in [0.5, 0.6) is 0 Å². The molecule has 0 heterocycles. The highest BCUT2D eigenvalue weighted by Gasteiger charge is 2.10. The van der Waals surface area contributed by atoms with Gasteiger partial charge in [-0.25, -0.2) is 0 Å². The topological polar surface area (TPSA) is 43.1 Å². The van der Waals surface area contributed by atoms with Crippen molar-refractivity contribution in [1.29, 1.82) is 0 Å². The molecule has 1 aromatic carbocycles. The molecule has 0 bridgehead atoms. The molecule has 0 atom stereocenters. The quantitative estimate of drug-likeness (QED) is 0.508. The molecule has 0 aliphatic rings. The molecule has 1 aromatic rings. The highest BCUT2D eigenvalue weighted by Crippen LogP contribution is 2.18. The first-order valence-electron chi connectivity index (χ1n) is 3.76. The molecule has 0 aliphatic heterocycles. The van der Waals surface area contributed by atoms with Gasteiger partial charge in [0.15, 0.2) is 0 Å². The normalized spacial score (nSPS) is 9.75. The molecule has 0 aliphatic carbocycles. The summed E-state index contributed by atoms with van der Waals surface area (Å²) < 4.78 is 0. The summed E-state index contributed by atoms with van der Waals surface area (Å²) in [4.78, 5) is 10.1. The van der Waals surface area contributed by atoms with Gasteiger partial charge in [-0.2, -0.15) is 0 Å². The Balaban J connectivity index is 3.00. The van der Waals surface area contributed by atoms with E-state index in [0.29, 0.717) is 6.42 Å². The monoisotopic (exact) mass is 164 g/mol. The molecule has 1 rings (SSSR count). The molecule has 0 N–H and O–H groups in total. The van der Waals surface area contributed by atoms with Gasteiger partial charge in [0.25, 0.3) is 5.69 Å². The van der Waals surface area contributed by atoms with E-state index in [1.165, 1.54) is 6.07 Å². The minimum absolute atomic E-state index is 0.204. The van der Waals surface area contributed by atoms with Gasteiger partial charge in [0.05, 0.1) is 4.92 Å². The number of nitrogens with zero attached hydrogens (tertiary/aromatic N) is 1. The van der Waals surface area contributed by atoms with E-state index in [9.17, 15) is 10.1 Å². The third-order valence-electron chi connectivity index (χ3n) is 1.61. The molecule has 3 nitrogen and oxygen atoms in total. The average molecular weight is 164 g/mol. The van der Waals surface area contributed by atoms with Gasteiger partial charge >= 0.3 is 0 Å². The first-order chi connectivity index (χ1) is 5.75. The van der Waals surface area contributed by atoms with Crippen molar-refractivity contribution < 1.29 is 4.92 Å². The van der Waals surface area contributed by atoms with Gasteiger partial charge in [0, 0.05) is 11.6 Å². The maximum Gasteiger partial charge on any atom is 0.272 e. The van der Waals surface area contributed by atoms with E-state index in [0.717, 1.165) is 5.56 Å². The van der Waals surface area contributed by atoms with Crippen molar-refractivity contribution in [2.24, 2.45) is 0 Å². The Hall–Kier alpha value is -1.38. The van der Waals surface area contributed by atoms with Crippen LogP contribution in [0.1, 0.15) is 12.5 Å². The lowest BCUT2D eigenvalue weighted by Crippen LogP contribution is -1.94. The molecule has 63 valence electrons. The third kappa shape index (κ3) is 1.81. The SMILES string of the molecule is C[CH]Cc1ccccc1[N+](=O)[O-]. The van der Waals surface area contributed by atoms with Crippen molar-refractivity contribution in [3.63, 3.8) is 0 Å². The molecule has 0 saturated carbocycles. The lowest BCUT2D eigenvalue weighted by Gasteiger charge is -1.98. The average Bonchev–Trinajstić information content (AvgIpc) is 2.05. The number of hydrogen-bond donors (Lipinski definition) is 0. The summed E-state index contributed by atoms with van der Waals surface area (Å²) in [6.07, 6.45) is 2.56. The Morgan fingerprint density at radius 1 is 1.50 bits per heavy atom. The second-order valence-electron chi connectivity index (χ2n) is 2.50. The van der Waals surface area contributed by atoms with Gasteiger partial charge in [0.2, 0.25) is 0 Å². The van der Waals surface area contributed by atoms with Crippen LogP contribution in [0.25, 0.3) is 0 Å². The van der Waals surface area contributed by atoms with E-state index in [2.05, 4.69) is 0 Å². The van der Waals surface area contributed by atoms with Crippen LogP contribution in [0.2, 0.25) is 0 Å². The summed E-state index contributed by atoms with van der Waals surface area (Å²) in [5.41, 5.74) is 0.973. The van der Waals surface area contributed by atoms with Crippen LogP contribution >= 0.6 is 0 Å². The summed E-state index contributed by atoms with van der Waals surface area (Å²) in [6, 6.07) is 6.79. The second kappa shape index (κ2) is 3.85. The van der Waals surface area contributed by atoms with Crippen molar-refractivity contribution in [3.8, 4) is 0 Å². The van der Waals surface area contributed by atoms with Gasteiger partial charge in [-0.1, -0.05) is 25.1 Å². The fourth-order valence-corrected chi connectivity index (χ4v) is 1.08. The lowest BCUT2D eigenvalue weighted by atomic mass is 10.1. The minimum atomic E-state index is -0.348. The van der Waals surface area contributed by atoms with E-state index in [4.69, 9.17) is 0 Å². The first-order valence-corrected chi connectivity index (χ1v) is 3.76. The Bertz CT molecular complexity index is 284. The number of rotatable bonds is 3. The number of hydrogen-bond acceptors (Lipinski definition) is 2. The minimum Gasteiger partial charge on any atom is -0.258 e. The van der Waals surface area contributed by atoms with Crippen LogP contribution in [-0.4, -0.2) is 4.92 Å². The lowest BCUT2D eigenvalue weighted by molar-refractivity contribution is -0.385.